The minimum atomic E-state index is -0.756. The van der Waals surface area contributed by atoms with Crippen LogP contribution in [0.2, 0.25) is 0 Å². The van der Waals surface area contributed by atoms with E-state index in [0.717, 1.165) is 5.69 Å². The van der Waals surface area contributed by atoms with Gasteiger partial charge in [0.15, 0.2) is 16.1 Å². The first-order valence-corrected chi connectivity index (χ1v) is 11.1. The van der Waals surface area contributed by atoms with Gasteiger partial charge in [0.05, 0.1) is 25.2 Å². The minimum Gasteiger partial charge on any atom is -0.497 e. The molecule has 0 fully saturated rings. The van der Waals surface area contributed by atoms with Gasteiger partial charge in [-0.3, -0.25) is 9.59 Å². The molecule has 10 nitrogen and oxygen atoms in total. The van der Waals surface area contributed by atoms with Gasteiger partial charge in [-0.05, 0) is 31.2 Å². The van der Waals surface area contributed by atoms with E-state index in [1.807, 2.05) is 12.3 Å². The number of hydrogen-bond donors (Lipinski definition) is 3. The largest absolute Gasteiger partial charge is 0.497 e. The lowest BCUT2D eigenvalue weighted by molar-refractivity contribution is -0.113. The number of carbonyl (C=O) groups is 2. The van der Waals surface area contributed by atoms with Crippen LogP contribution < -0.4 is 15.4 Å². The summed E-state index contributed by atoms with van der Waals surface area (Å²) in [7, 11) is 3.26. The first kappa shape index (κ1) is 22.7. The Bertz CT molecular complexity index is 1050. The summed E-state index contributed by atoms with van der Waals surface area (Å²) < 4.78 is 6.73. The quantitative estimate of drug-likeness (QED) is 0.410. The van der Waals surface area contributed by atoms with Gasteiger partial charge in [-0.2, -0.15) is 0 Å². The van der Waals surface area contributed by atoms with E-state index in [1.54, 1.807) is 43.0 Å². The topological polar surface area (TPSA) is 131 Å². The second kappa shape index (κ2) is 10.4. The number of amides is 2. The number of methoxy groups -OCH3 is 1. The number of rotatable bonds is 9. The Morgan fingerprint density at radius 2 is 2.03 bits per heavy atom. The lowest BCUT2D eigenvalue weighted by atomic mass is 10.2. The average Bonchev–Trinajstić information content (AvgIpc) is 3.35. The second-order valence-corrected chi connectivity index (χ2v) is 8.27. The Morgan fingerprint density at radius 3 is 2.65 bits per heavy atom. The first-order valence-electron chi connectivity index (χ1n) is 9.21. The van der Waals surface area contributed by atoms with Gasteiger partial charge in [0, 0.05) is 18.0 Å². The normalized spacial score (nSPS) is 11.7. The van der Waals surface area contributed by atoms with Crippen LogP contribution in [0.25, 0.3) is 0 Å². The van der Waals surface area contributed by atoms with Gasteiger partial charge >= 0.3 is 0 Å². The summed E-state index contributed by atoms with van der Waals surface area (Å²) in [6.07, 6.45) is 0. The molecule has 0 aliphatic carbocycles. The summed E-state index contributed by atoms with van der Waals surface area (Å²) in [6, 6.07) is 5.86. The van der Waals surface area contributed by atoms with Crippen molar-refractivity contribution >= 4 is 40.0 Å². The minimum absolute atomic E-state index is 0.118. The van der Waals surface area contributed by atoms with Crippen LogP contribution in [-0.4, -0.2) is 56.1 Å². The number of nitrogens with one attached hydrogen (secondary N) is 2. The predicted octanol–water partition coefficient (Wildman–Crippen LogP) is 1.78. The maximum absolute atomic E-state index is 12.5. The van der Waals surface area contributed by atoms with E-state index in [0.29, 0.717) is 27.4 Å². The van der Waals surface area contributed by atoms with Crippen molar-refractivity contribution in [2.24, 2.45) is 7.05 Å². The highest BCUT2D eigenvalue weighted by molar-refractivity contribution is 7.99. The number of anilines is 1. The average molecular weight is 463 g/mol. The molecule has 1 atom stereocenters. The van der Waals surface area contributed by atoms with Gasteiger partial charge in [-0.15, -0.1) is 21.5 Å². The first-order chi connectivity index (χ1) is 14.9. The van der Waals surface area contributed by atoms with Crippen molar-refractivity contribution in [1.82, 2.24) is 25.1 Å². The molecule has 12 heteroatoms. The Hall–Kier alpha value is -2.96. The highest BCUT2D eigenvalue weighted by atomic mass is 32.2. The number of aliphatic hydroxyl groups is 1. The van der Waals surface area contributed by atoms with Crippen molar-refractivity contribution in [2.45, 2.75) is 18.1 Å². The molecule has 1 aromatic carbocycles. The third kappa shape index (κ3) is 5.81. The maximum atomic E-state index is 12.5. The molecule has 2 amide bonds. The van der Waals surface area contributed by atoms with Crippen LogP contribution in [0.1, 0.15) is 27.9 Å². The number of benzene rings is 1. The highest BCUT2D eigenvalue weighted by Gasteiger charge is 2.22. The summed E-state index contributed by atoms with van der Waals surface area (Å²) in [5.41, 5.74) is 1.27. The molecule has 3 aromatic rings. The smallest absolute Gasteiger partial charge is 0.251 e. The Labute approximate surface area is 187 Å². The second-order valence-electron chi connectivity index (χ2n) is 6.47. The van der Waals surface area contributed by atoms with Gasteiger partial charge < -0.3 is 25.0 Å². The summed E-state index contributed by atoms with van der Waals surface area (Å²) >= 11 is 2.55. The number of thioether (sulfide) groups is 1. The van der Waals surface area contributed by atoms with Crippen molar-refractivity contribution in [3.05, 3.63) is 46.7 Å². The maximum Gasteiger partial charge on any atom is 0.251 e. The van der Waals surface area contributed by atoms with E-state index in [9.17, 15) is 14.7 Å². The van der Waals surface area contributed by atoms with Gasteiger partial charge in [0.1, 0.15) is 11.8 Å². The number of carbonyl (C=O) groups excluding carboxylic acids is 2. The fourth-order valence-corrected chi connectivity index (χ4v) is 4.05. The van der Waals surface area contributed by atoms with Crippen LogP contribution in [0.5, 0.6) is 5.75 Å². The number of hydrogen-bond acceptors (Lipinski definition) is 9. The van der Waals surface area contributed by atoms with Crippen LogP contribution in [0.15, 0.2) is 34.8 Å². The molecule has 3 rings (SSSR count). The zero-order valence-corrected chi connectivity index (χ0v) is 18.8. The number of aromatic nitrogens is 4. The zero-order chi connectivity index (χ0) is 22.4. The fraction of sp³-hybridized carbons (Fsp3) is 0.316. The molecule has 0 saturated heterocycles. The van der Waals surface area contributed by atoms with Crippen LogP contribution >= 0.6 is 23.1 Å². The molecule has 2 heterocycles. The van der Waals surface area contributed by atoms with Gasteiger partial charge in [0.2, 0.25) is 5.91 Å². The number of aryl methyl sites for hydroxylation is 1. The lowest BCUT2D eigenvalue weighted by Gasteiger charge is -2.16. The van der Waals surface area contributed by atoms with Crippen LogP contribution in [0.4, 0.5) is 5.13 Å². The van der Waals surface area contributed by atoms with Crippen molar-refractivity contribution in [3.63, 3.8) is 0 Å². The van der Waals surface area contributed by atoms with Crippen LogP contribution in [0, 0.1) is 6.92 Å². The van der Waals surface area contributed by atoms with Crippen molar-refractivity contribution < 1.29 is 19.4 Å². The number of thiazole rings is 1. The van der Waals surface area contributed by atoms with Crippen LogP contribution in [-0.2, 0) is 11.8 Å². The molecule has 3 N–H and O–H groups in total. The molecule has 0 radical (unpaired) electrons. The Morgan fingerprint density at radius 1 is 1.29 bits per heavy atom. The lowest BCUT2D eigenvalue weighted by Crippen LogP contribution is -2.32. The SMILES string of the molecule is COc1ccc(C(=O)NC(CO)c2nnc(SCC(=O)Nc3nc(C)cs3)n2C)cc1. The Balaban J connectivity index is 1.61. The zero-order valence-electron chi connectivity index (χ0n) is 17.2. The monoisotopic (exact) mass is 462 g/mol. The molecular formula is C19H22N6O4S2. The van der Waals surface area contributed by atoms with Gasteiger partial charge in [0.25, 0.3) is 5.91 Å². The van der Waals surface area contributed by atoms with E-state index >= 15 is 0 Å². The molecule has 0 spiro atoms. The summed E-state index contributed by atoms with van der Waals surface area (Å²) in [4.78, 5) is 28.8. The molecule has 31 heavy (non-hydrogen) atoms. The Kier molecular flexibility index (Phi) is 7.60. The van der Waals surface area contributed by atoms with E-state index in [2.05, 4.69) is 25.8 Å². The molecule has 0 saturated carbocycles. The molecule has 2 aromatic heterocycles. The van der Waals surface area contributed by atoms with E-state index < -0.39 is 6.04 Å². The molecule has 164 valence electrons. The fourth-order valence-electron chi connectivity index (χ4n) is 2.63. The van der Waals surface area contributed by atoms with Crippen molar-refractivity contribution in [2.75, 3.05) is 24.8 Å². The van der Waals surface area contributed by atoms with E-state index in [1.165, 1.54) is 23.1 Å². The number of ether oxygens (including phenoxy) is 1. The van der Waals surface area contributed by atoms with E-state index in [4.69, 9.17) is 4.74 Å². The van der Waals surface area contributed by atoms with Gasteiger partial charge in [-0.25, -0.2) is 4.98 Å². The molecule has 1 unspecified atom stereocenters. The molecule has 0 bridgehead atoms. The predicted molar refractivity (Wildman–Crippen MR) is 117 cm³/mol. The third-order valence-electron chi connectivity index (χ3n) is 4.22. The highest BCUT2D eigenvalue weighted by Crippen LogP contribution is 2.21. The summed E-state index contributed by atoms with van der Waals surface area (Å²) in [6.45, 7) is 1.50. The number of aliphatic hydroxyl groups excluding tert-OH is 1. The van der Waals surface area contributed by atoms with E-state index in [-0.39, 0.29) is 24.2 Å². The third-order valence-corrected chi connectivity index (χ3v) is 6.11. The molecular weight excluding hydrogens is 440 g/mol. The number of nitrogens with zero attached hydrogens (tertiary/aromatic N) is 4. The molecule has 0 aliphatic heterocycles. The van der Waals surface area contributed by atoms with Crippen molar-refractivity contribution in [1.29, 1.82) is 0 Å². The summed E-state index contributed by atoms with van der Waals surface area (Å²) in [5, 5.41) is 26.3. The standard InChI is InChI=1S/C19H22N6O4S2/c1-11-9-30-18(20-11)22-15(27)10-31-19-24-23-16(25(19)2)14(8-26)21-17(28)12-4-6-13(29-3)7-5-12/h4-7,9,14,26H,8,10H2,1-3H3,(H,21,28)(H,20,22,27). The summed E-state index contributed by atoms with van der Waals surface area (Å²) in [5.74, 6) is 0.557. The van der Waals surface area contributed by atoms with Crippen molar-refractivity contribution in [3.8, 4) is 5.75 Å². The van der Waals surface area contributed by atoms with Crippen LogP contribution in [0.3, 0.4) is 0 Å². The van der Waals surface area contributed by atoms with Gasteiger partial charge in [-0.1, -0.05) is 11.8 Å². The molecule has 0 aliphatic rings.